The summed E-state index contributed by atoms with van der Waals surface area (Å²) in [6.45, 7) is 3.89. The Labute approximate surface area is 109 Å². The Morgan fingerprint density at radius 1 is 1.06 bits per heavy atom. The van der Waals surface area contributed by atoms with E-state index in [-0.39, 0.29) is 11.9 Å². The predicted octanol–water partition coefficient (Wildman–Crippen LogP) is 1.65. The van der Waals surface area contributed by atoms with Crippen LogP contribution in [0.2, 0.25) is 0 Å². The summed E-state index contributed by atoms with van der Waals surface area (Å²) in [7, 11) is 1.39. The molecule has 1 amide bonds. The first-order valence-corrected chi connectivity index (χ1v) is 6.62. The van der Waals surface area contributed by atoms with Crippen molar-refractivity contribution in [1.29, 1.82) is 0 Å². The molecule has 0 aliphatic carbocycles. The first kappa shape index (κ1) is 16.9. The van der Waals surface area contributed by atoms with Crippen LogP contribution in [0.4, 0.5) is 0 Å². The number of carbonyl (C=O) groups is 2. The van der Waals surface area contributed by atoms with Crippen molar-refractivity contribution in [3.05, 3.63) is 0 Å². The van der Waals surface area contributed by atoms with Crippen molar-refractivity contribution < 1.29 is 19.1 Å². The number of methoxy groups -OCH3 is 1. The molecule has 0 heterocycles. The van der Waals surface area contributed by atoms with Crippen LogP contribution in [0.3, 0.4) is 0 Å². The van der Waals surface area contributed by atoms with Crippen molar-refractivity contribution in [1.82, 2.24) is 5.32 Å². The van der Waals surface area contributed by atoms with E-state index in [1.807, 2.05) is 6.92 Å². The smallest absolute Gasteiger partial charge is 0.305 e. The number of hydrogen-bond acceptors (Lipinski definition) is 4. The molecule has 106 valence electrons. The number of amides is 1. The van der Waals surface area contributed by atoms with E-state index < -0.39 is 0 Å². The van der Waals surface area contributed by atoms with E-state index in [1.165, 1.54) is 7.11 Å². The maximum absolute atomic E-state index is 11.3. The van der Waals surface area contributed by atoms with Crippen molar-refractivity contribution in [2.45, 2.75) is 45.4 Å². The average Bonchev–Trinajstić information content (AvgIpc) is 2.38. The maximum atomic E-state index is 11.3. The molecule has 0 unspecified atom stereocenters. The van der Waals surface area contributed by atoms with Gasteiger partial charge in [-0.1, -0.05) is 13.3 Å². The Morgan fingerprint density at radius 2 is 1.83 bits per heavy atom. The predicted molar refractivity (Wildman–Crippen MR) is 69.2 cm³/mol. The first-order chi connectivity index (χ1) is 8.70. The van der Waals surface area contributed by atoms with Crippen molar-refractivity contribution in [2.24, 2.45) is 0 Å². The van der Waals surface area contributed by atoms with Gasteiger partial charge in [0.2, 0.25) is 5.91 Å². The third kappa shape index (κ3) is 11.4. The number of carbonyl (C=O) groups excluding carboxylic acids is 2. The van der Waals surface area contributed by atoms with Gasteiger partial charge in [0.1, 0.15) is 0 Å². The SMILES string of the molecule is CCCOCCC(=O)NCCCCCC(=O)OC. The fourth-order valence-electron chi connectivity index (χ4n) is 1.40. The van der Waals surface area contributed by atoms with Crippen LogP contribution >= 0.6 is 0 Å². The Hall–Kier alpha value is -1.10. The zero-order chi connectivity index (χ0) is 13.6. The molecule has 0 radical (unpaired) electrons. The molecule has 0 rings (SSSR count). The van der Waals surface area contributed by atoms with Gasteiger partial charge in [-0.2, -0.15) is 0 Å². The molecule has 0 aromatic carbocycles. The van der Waals surface area contributed by atoms with Crippen LogP contribution in [0.15, 0.2) is 0 Å². The maximum Gasteiger partial charge on any atom is 0.305 e. The molecule has 18 heavy (non-hydrogen) atoms. The second kappa shape index (κ2) is 12.4. The van der Waals surface area contributed by atoms with E-state index in [4.69, 9.17) is 4.74 Å². The van der Waals surface area contributed by atoms with Crippen molar-refractivity contribution in [3.8, 4) is 0 Å². The lowest BCUT2D eigenvalue weighted by Crippen LogP contribution is -2.25. The van der Waals surface area contributed by atoms with Crippen molar-refractivity contribution in [2.75, 3.05) is 26.9 Å². The molecule has 0 aromatic heterocycles. The Kier molecular flexibility index (Phi) is 11.6. The lowest BCUT2D eigenvalue weighted by molar-refractivity contribution is -0.140. The summed E-state index contributed by atoms with van der Waals surface area (Å²) >= 11 is 0. The third-order valence-corrected chi connectivity index (χ3v) is 2.43. The minimum Gasteiger partial charge on any atom is -0.469 e. The Bertz CT molecular complexity index is 231. The van der Waals surface area contributed by atoms with Gasteiger partial charge >= 0.3 is 5.97 Å². The van der Waals surface area contributed by atoms with Gasteiger partial charge in [0.05, 0.1) is 13.7 Å². The number of rotatable bonds is 11. The first-order valence-electron chi connectivity index (χ1n) is 6.62. The lowest BCUT2D eigenvalue weighted by atomic mass is 10.2. The topological polar surface area (TPSA) is 64.6 Å². The van der Waals surface area contributed by atoms with Crippen molar-refractivity contribution in [3.63, 3.8) is 0 Å². The summed E-state index contributed by atoms with van der Waals surface area (Å²) < 4.78 is 9.76. The lowest BCUT2D eigenvalue weighted by Gasteiger charge is -2.05. The molecule has 0 fully saturated rings. The summed E-state index contributed by atoms with van der Waals surface area (Å²) in [6.07, 6.45) is 4.46. The molecular weight excluding hydrogens is 234 g/mol. The fourth-order valence-corrected chi connectivity index (χ4v) is 1.40. The van der Waals surface area contributed by atoms with E-state index in [9.17, 15) is 9.59 Å². The Morgan fingerprint density at radius 3 is 2.50 bits per heavy atom. The molecule has 0 atom stereocenters. The molecule has 0 aromatic rings. The number of ether oxygens (including phenoxy) is 2. The summed E-state index contributed by atoms with van der Waals surface area (Å²) in [5, 5.41) is 2.83. The minimum absolute atomic E-state index is 0.0269. The van der Waals surface area contributed by atoms with Crippen molar-refractivity contribution >= 4 is 11.9 Å². The summed E-state index contributed by atoms with van der Waals surface area (Å²) in [4.78, 5) is 22.1. The normalized spacial score (nSPS) is 10.1. The molecule has 0 spiro atoms. The average molecular weight is 259 g/mol. The van der Waals surface area contributed by atoms with Crippen LogP contribution in [-0.4, -0.2) is 38.7 Å². The molecule has 5 heteroatoms. The van der Waals surface area contributed by atoms with Crippen LogP contribution in [0.25, 0.3) is 0 Å². The largest absolute Gasteiger partial charge is 0.469 e. The van der Waals surface area contributed by atoms with E-state index in [1.54, 1.807) is 0 Å². The monoisotopic (exact) mass is 259 g/mol. The highest BCUT2D eigenvalue weighted by Crippen LogP contribution is 2.00. The fraction of sp³-hybridized carbons (Fsp3) is 0.846. The summed E-state index contributed by atoms with van der Waals surface area (Å²) in [6, 6.07) is 0. The van der Waals surface area contributed by atoms with Gasteiger partial charge in [-0.15, -0.1) is 0 Å². The molecule has 1 N–H and O–H groups in total. The standard InChI is InChI=1S/C13H25NO4/c1-3-10-18-11-8-12(15)14-9-6-4-5-7-13(16)17-2/h3-11H2,1-2H3,(H,14,15). The molecule has 0 saturated carbocycles. The van der Waals surface area contributed by atoms with Crippen LogP contribution < -0.4 is 5.32 Å². The number of nitrogens with one attached hydrogen (secondary N) is 1. The minimum atomic E-state index is -0.174. The van der Waals surface area contributed by atoms with Gasteiger partial charge in [-0.05, 0) is 19.3 Å². The molecular formula is C13H25NO4. The van der Waals surface area contributed by atoms with Crippen LogP contribution in [-0.2, 0) is 19.1 Å². The van der Waals surface area contributed by atoms with E-state index in [0.29, 0.717) is 32.6 Å². The van der Waals surface area contributed by atoms with Gasteiger partial charge in [0.25, 0.3) is 0 Å². The van der Waals surface area contributed by atoms with Gasteiger partial charge in [-0.25, -0.2) is 0 Å². The molecule has 0 aliphatic heterocycles. The zero-order valence-electron chi connectivity index (χ0n) is 11.5. The van der Waals surface area contributed by atoms with E-state index in [2.05, 4.69) is 10.1 Å². The second-order valence-corrected chi connectivity index (χ2v) is 4.10. The van der Waals surface area contributed by atoms with Crippen LogP contribution in [0.5, 0.6) is 0 Å². The molecule has 0 saturated heterocycles. The highest BCUT2D eigenvalue weighted by atomic mass is 16.5. The van der Waals surface area contributed by atoms with E-state index >= 15 is 0 Å². The van der Waals surface area contributed by atoms with Gasteiger partial charge in [-0.3, -0.25) is 9.59 Å². The summed E-state index contributed by atoms with van der Waals surface area (Å²) in [5.41, 5.74) is 0. The summed E-state index contributed by atoms with van der Waals surface area (Å²) in [5.74, 6) is -0.147. The molecule has 0 aliphatic rings. The highest BCUT2D eigenvalue weighted by molar-refractivity contribution is 5.75. The van der Waals surface area contributed by atoms with Gasteiger partial charge in [0.15, 0.2) is 0 Å². The van der Waals surface area contributed by atoms with Gasteiger partial charge in [0, 0.05) is 26.0 Å². The second-order valence-electron chi connectivity index (χ2n) is 4.10. The molecule has 0 bridgehead atoms. The number of esters is 1. The number of unbranched alkanes of at least 4 members (excludes halogenated alkanes) is 2. The van der Waals surface area contributed by atoms with Crippen LogP contribution in [0, 0.1) is 0 Å². The van der Waals surface area contributed by atoms with Gasteiger partial charge < -0.3 is 14.8 Å². The quantitative estimate of drug-likeness (QED) is 0.452. The van der Waals surface area contributed by atoms with Crippen LogP contribution in [0.1, 0.15) is 45.4 Å². The zero-order valence-corrected chi connectivity index (χ0v) is 11.5. The Balaban J connectivity index is 3.22. The number of hydrogen-bond donors (Lipinski definition) is 1. The van der Waals surface area contributed by atoms with E-state index in [0.717, 1.165) is 25.7 Å². The molecule has 5 nitrogen and oxygen atoms in total. The third-order valence-electron chi connectivity index (χ3n) is 2.43. The highest BCUT2D eigenvalue weighted by Gasteiger charge is 2.01.